The van der Waals surface area contributed by atoms with Crippen LogP contribution in [0.2, 0.25) is 0 Å². The Balaban J connectivity index is 2.04. The van der Waals surface area contributed by atoms with Crippen LogP contribution in [0.5, 0.6) is 0 Å². The lowest BCUT2D eigenvalue weighted by molar-refractivity contribution is 0.174. The molecule has 0 saturated carbocycles. The van der Waals surface area contributed by atoms with Gasteiger partial charge in [0.05, 0.1) is 6.10 Å². The third-order valence-corrected chi connectivity index (χ3v) is 2.58. The molecule has 1 aliphatic rings. The van der Waals surface area contributed by atoms with E-state index >= 15 is 0 Å². The zero-order valence-corrected chi connectivity index (χ0v) is 8.29. The minimum absolute atomic E-state index is 0.302. The summed E-state index contributed by atoms with van der Waals surface area (Å²) in [6, 6.07) is 3.52. The van der Waals surface area contributed by atoms with Crippen LogP contribution in [0.1, 0.15) is 12.0 Å². The summed E-state index contributed by atoms with van der Waals surface area (Å²) in [5.41, 5.74) is 0.613. The van der Waals surface area contributed by atoms with Gasteiger partial charge in [-0.25, -0.2) is 8.78 Å². The van der Waals surface area contributed by atoms with Crippen LogP contribution in [0.25, 0.3) is 0 Å². The first-order chi connectivity index (χ1) is 7.13. The Bertz CT molecular complexity index is 336. The van der Waals surface area contributed by atoms with E-state index in [0.717, 1.165) is 19.0 Å². The largest absolute Gasteiger partial charge is 0.392 e. The number of aliphatic hydroxyl groups is 1. The Morgan fingerprint density at radius 2 is 1.93 bits per heavy atom. The molecule has 4 heteroatoms. The molecular weight excluding hydrogens is 200 g/mol. The molecule has 0 aromatic heterocycles. The van der Waals surface area contributed by atoms with Crippen LogP contribution in [0, 0.1) is 11.6 Å². The van der Waals surface area contributed by atoms with Gasteiger partial charge < -0.3 is 5.11 Å². The Labute approximate surface area is 87.1 Å². The van der Waals surface area contributed by atoms with Gasteiger partial charge in [0.1, 0.15) is 11.6 Å². The molecule has 1 aromatic carbocycles. The van der Waals surface area contributed by atoms with Crippen LogP contribution < -0.4 is 0 Å². The molecule has 1 heterocycles. The number of halogens is 2. The highest BCUT2D eigenvalue weighted by Crippen LogP contribution is 2.15. The molecule has 1 aliphatic heterocycles. The van der Waals surface area contributed by atoms with E-state index in [4.69, 9.17) is 0 Å². The Morgan fingerprint density at radius 3 is 2.47 bits per heavy atom. The van der Waals surface area contributed by atoms with Gasteiger partial charge in [0.25, 0.3) is 0 Å². The van der Waals surface area contributed by atoms with Crippen molar-refractivity contribution in [3.05, 3.63) is 35.4 Å². The molecule has 1 fully saturated rings. The SMILES string of the molecule is O[C@H]1CCN(Cc2cc(F)cc(F)c2)C1. The van der Waals surface area contributed by atoms with Gasteiger partial charge in [-0.2, -0.15) is 0 Å². The highest BCUT2D eigenvalue weighted by Gasteiger charge is 2.20. The molecule has 1 N–H and O–H groups in total. The lowest BCUT2D eigenvalue weighted by Gasteiger charge is -2.14. The van der Waals surface area contributed by atoms with Crippen molar-refractivity contribution >= 4 is 0 Å². The van der Waals surface area contributed by atoms with Crippen LogP contribution in [-0.4, -0.2) is 29.2 Å². The van der Waals surface area contributed by atoms with E-state index in [-0.39, 0.29) is 6.10 Å². The Hall–Kier alpha value is -1.00. The molecule has 1 aromatic rings. The molecule has 0 radical (unpaired) electrons. The highest BCUT2D eigenvalue weighted by atomic mass is 19.1. The number of nitrogens with zero attached hydrogens (tertiary/aromatic N) is 1. The zero-order chi connectivity index (χ0) is 10.8. The fourth-order valence-electron chi connectivity index (χ4n) is 1.92. The van der Waals surface area contributed by atoms with Gasteiger partial charge >= 0.3 is 0 Å². The minimum Gasteiger partial charge on any atom is -0.392 e. The Morgan fingerprint density at radius 1 is 1.27 bits per heavy atom. The molecule has 82 valence electrons. The van der Waals surface area contributed by atoms with Crippen molar-refractivity contribution in [3.8, 4) is 0 Å². The van der Waals surface area contributed by atoms with Crippen molar-refractivity contribution < 1.29 is 13.9 Å². The van der Waals surface area contributed by atoms with E-state index in [1.54, 1.807) is 0 Å². The molecule has 2 rings (SSSR count). The smallest absolute Gasteiger partial charge is 0.126 e. The summed E-state index contributed by atoms with van der Waals surface area (Å²) in [4.78, 5) is 1.98. The Kier molecular flexibility index (Phi) is 2.98. The van der Waals surface area contributed by atoms with Gasteiger partial charge in [-0.05, 0) is 24.1 Å². The van der Waals surface area contributed by atoms with Crippen LogP contribution in [0.3, 0.4) is 0 Å². The number of hydrogen-bond acceptors (Lipinski definition) is 2. The van der Waals surface area contributed by atoms with Crippen molar-refractivity contribution in [2.75, 3.05) is 13.1 Å². The second kappa shape index (κ2) is 4.24. The monoisotopic (exact) mass is 213 g/mol. The second-order valence-electron chi connectivity index (χ2n) is 3.96. The topological polar surface area (TPSA) is 23.5 Å². The molecule has 0 amide bonds. The summed E-state index contributed by atoms with van der Waals surface area (Å²) in [5, 5.41) is 9.30. The third kappa shape index (κ3) is 2.73. The van der Waals surface area contributed by atoms with E-state index in [0.29, 0.717) is 18.7 Å². The second-order valence-corrected chi connectivity index (χ2v) is 3.96. The van der Waals surface area contributed by atoms with E-state index in [9.17, 15) is 13.9 Å². The number of benzene rings is 1. The van der Waals surface area contributed by atoms with E-state index < -0.39 is 11.6 Å². The number of aliphatic hydroxyl groups excluding tert-OH is 1. The maximum absolute atomic E-state index is 12.9. The summed E-state index contributed by atoms with van der Waals surface area (Å²) in [6.07, 6.45) is 0.432. The summed E-state index contributed by atoms with van der Waals surface area (Å²) >= 11 is 0. The maximum atomic E-state index is 12.9. The van der Waals surface area contributed by atoms with Crippen LogP contribution in [0.15, 0.2) is 18.2 Å². The summed E-state index contributed by atoms with van der Waals surface area (Å²) in [5.74, 6) is -1.10. The third-order valence-electron chi connectivity index (χ3n) is 2.58. The fourth-order valence-corrected chi connectivity index (χ4v) is 1.92. The molecule has 2 nitrogen and oxygen atoms in total. The van der Waals surface area contributed by atoms with Gasteiger partial charge in [-0.1, -0.05) is 0 Å². The molecule has 1 atom stereocenters. The van der Waals surface area contributed by atoms with Crippen molar-refractivity contribution in [2.45, 2.75) is 19.1 Å². The molecule has 0 spiro atoms. The first-order valence-corrected chi connectivity index (χ1v) is 4.99. The lowest BCUT2D eigenvalue weighted by Crippen LogP contribution is -2.21. The van der Waals surface area contributed by atoms with E-state index in [1.165, 1.54) is 12.1 Å². The van der Waals surface area contributed by atoms with Crippen molar-refractivity contribution in [1.29, 1.82) is 0 Å². The summed E-state index contributed by atoms with van der Waals surface area (Å²) in [6.45, 7) is 1.85. The van der Waals surface area contributed by atoms with E-state index in [1.807, 2.05) is 4.90 Å². The fraction of sp³-hybridized carbons (Fsp3) is 0.455. The van der Waals surface area contributed by atoms with Gasteiger partial charge in [-0.15, -0.1) is 0 Å². The summed E-state index contributed by atoms with van der Waals surface area (Å²) in [7, 11) is 0. The van der Waals surface area contributed by atoms with Gasteiger partial charge in [0.15, 0.2) is 0 Å². The first-order valence-electron chi connectivity index (χ1n) is 4.99. The molecule has 15 heavy (non-hydrogen) atoms. The lowest BCUT2D eigenvalue weighted by atomic mass is 10.2. The molecule has 0 unspecified atom stereocenters. The number of β-amino-alcohol motifs (C(OH)–C–C–N with tert-alkyl or cyclic N) is 1. The predicted octanol–water partition coefficient (Wildman–Crippen LogP) is 1.53. The standard InChI is InChI=1S/C11H13F2NO/c12-9-3-8(4-10(13)5-9)6-14-2-1-11(15)7-14/h3-5,11,15H,1-2,6-7H2/t11-/m0/s1. The van der Waals surface area contributed by atoms with Crippen molar-refractivity contribution in [3.63, 3.8) is 0 Å². The van der Waals surface area contributed by atoms with Crippen molar-refractivity contribution in [2.24, 2.45) is 0 Å². The summed E-state index contributed by atoms with van der Waals surface area (Å²) < 4.78 is 25.7. The first kappa shape index (κ1) is 10.5. The number of likely N-dealkylation sites (tertiary alicyclic amines) is 1. The van der Waals surface area contributed by atoms with Gasteiger partial charge in [-0.3, -0.25) is 4.90 Å². The quantitative estimate of drug-likeness (QED) is 0.805. The number of rotatable bonds is 2. The zero-order valence-electron chi connectivity index (χ0n) is 8.29. The predicted molar refractivity (Wildman–Crippen MR) is 52.3 cm³/mol. The maximum Gasteiger partial charge on any atom is 0.126 e. The molecular formula is C11H13F2NO. The minimum atomic E-state index is -0.551. The normalized spacial score (nSPS) is 22.2. The molecule has 0 bridgehead atoms. The van der Waals surface area contributed by atoms with Crippen LogP contribution in [-0.2, 0) is 6.54 Å². The molecule has 1 saturated heterocycles. The average Bonchev–Trinajstić information content (AvgIpc) is 2.49. The molecule has 0 aliphatic carbocycles. The van der Waals surface area contributed by atoms with Gasteiger partial charge in [0, 0.05) is 25.7 Å². The van der Waals surface area contributed by atoms with Crippen LogP contribution in [0.4, 0.5) is 8.78 Å². The number of hydrogen-bond donors (Lipinski definition) is 1. The average molecular weight is 213 g/mol. The highest BCUT2D eigenvalue weighted by molar-refractivity contribution is 5.17. The van der Waals surface area contributed by atoms with Crippen LogP contribution >= 0.6 is 0 Å². The van der Waals surface area contributed by atoms with Crippen molar-refractivity contribution in [1.82, 2.24) is 4.90 Å². The van der Waals surface area contributed by atoms with Gasteiger partial charge in [0.2, 0.25) is 0 Å². The van der Waals surface area contributed by atoms with E-state index in [2.05, 4.69) is 0 Å².